The predicted molar refractivity (Wildman–Crippen MR) is 143 cm³/mol. The molecule has 3 aromatic rings. The average molecular weight is 503 g/mol. The van der Waals surface area contributed by atoms with Crippen LogP contribution in [0, 0.1) is 0 Å². The maximum absolute atomic E-state index is 13.6. The number of nitrogens with one attached hydrogen (secondary N) is 3. The van der Waals surface area contributed by atoms with E-state index in [0.29, 0.717) is 54.5 Å². The molecule has 3 aliphatic rings. The van der Waals surface area contributed by atoms with Crippen molar-refractivity contribution >= 4 is 17.5 Å². The molecule has 0 unspecified atom stereocenters. The van der Waals surface area contributed by atoms with Crippen LogP contribution < -0.4 is 10.7 Å². The fourth-order valence-electron chi connectivity index (χ4n) is 5.14. The number of H-pyrrole nitrogens is 1. The van der Waals surface area contributed by atoms with Crippen LogP contribution in [0.15, 0.2) is 42.5 Å². The van der Waals surface area contributed by atoms with E-state index in [9.17, 15) is 9.59 Å². The summed E-state index contributed by atoms with van der Waals surface area (Å²) in [6, 6.07) is 13.4. The Morgan fingerprint density at radius 1 is 1.00 bits per heavy atom. The molecule has 9 nitrogen and oxygen atoms in total. The molecule has 2 amide bonds. The monoisotopic (exact) mass is 502 g/mol. The van der Waals surface area contributed by atoms with Gasteiger partial charge in [0.05, 0.1) is 35.7 Å². The summed E-state index contributed by atoms with van der Waals surface area (Å²) in [6.07, 6.45) is 2.54. The van der Waals surface area contributed by atoms with Gasteiger partial charge in [-0.2, -0.15) is 5.10 Å². The lowest BCUT2D eigenvalue weighted by atomic mass is 10.0. The maximum atomic E-state index is 13.6. The molecule has 0 spiro atoms. The average Bonchev–Trinajstić information content (AvgIpc) is 3.66. The Kier molecular flexibility index (Phi) is 7.64. The summed E-state index contributed by atoms with van der Waals surface area (Å²) in [5, 5.41) is 12.2. The number of carbonyl (C=O) groups excluding carboxylic acids is 2. The van der Waals surface area contributed by atoms with Crippen LogP contribution in [0.4, 0.5) is 10.5 Å². The van der Waals surface area contributed by atoms with Gasteiger partial charge in [0, 0.05) is 30.8 Å². The first-order valence-corrected chi connectivity index (χ1v) is 13.2. The van der Waals surface area contributed by atoms with Crippen LogP contribution >= 0.6 is 0 Å². The lowest BCUT2D eigenvalue weighted by molar-refractivity contribution is 0.0207. The molecule has 37 heavy (non-hydrogen) atoms. The zero-order valence-corrected chi connectivity index (χ0v) is 21.5. The van der Waals surface area contributed by atoms with Crippen molar-refractivity contribution in [2.75, 3.05) is 44.7 Å². The van der Waals surface area contributed by atoms with Gasteiger partial charge in [0.15, 0.2) is 5.78 Å². The van der Waals surface area contributed by atoms with Gasteiger partial charge in [-0.25, -0.2) is 9.80 Å². The number of hydrogen-bond acceptors (Lipinski definition) is 6. The number of amides is 2. The van der Waals surface area contributed by atoms with E-state index >= 15 is 0 Å². The molecular formula is C28H34N6O3. The smallest absolute Gasteiger partial charge is 0.333 e. The molecule has 0 radical (unpaired) electrons. The van der Waals surface area contributed by atoms with Gasteiger partial charge in [0.25, 0.3) is 0 Å². The van der Waals surface area contributed by atoms with Crippen LogP contribution in [0.3, 0.4) is 0 Å². The number of ether oxygens (including phenoxy) is 1. The second kappa shape index (κ2) is 11.2. The molecule has 2 saturated heterocycles. The van der Waals surface area contributed by atoms with Crippen LogP contribution in [0.1, 0.15) is 48.2 Å². The number of urea groups is 1. The minimum Gasteiger partial charge on any atom is -0.379 e. The SMILES string of the molecule is CC.O=C(Nc1cccc2c1C(=O)c1c(-c3ccc(CN4CCCC4)cc3)n[nH]c1-2)NN1CCOCC1. The summed E-state index contributed by atoms with van der Waals surface area (Å²) < 4.78 is 5.32. The van der Waals surface area contributed by atoms with Gasteiger partial charge in [-0.15, -0.1) is 0 Å². The van der Waals surface area contributed by atoms with Crippen molar-refractivity contribution in [3.63, 3.8) is 0 Å². The molecule has 0 atom stereocenters. The summed E-state index contributed by atoms with van der Waals surface area (Å²) in [7, 11) is 0. The number of aromatic nitrogens is 2. The van der Waals surface area contributed by atoms with Crippen molar-refractivity contribution in [2.24, 2.45) is 0 Å². The van der Waals surface area contributed by atoms with Gasteiger partial charge in [-0.1, -0.05) is 50.2 Å². The van der Waals surface area contributed by atoms with Gasteiger partial charge in [0.2, 0.25) is 0 Å². The summed E-state index contributed by atoms with van der Waals surface area (Å²) >= 11 is 0. The molecule has 0 saturated carbocycles. The summed E-state index contributed by atoms with van der Waals surface area (Å²) in [5.74, 6) is -0.137. The van der Waals surface area contributed by atoms with E-state index in [1.54, 1.807) is 6.07 Å². The van der Waals surface area contributed by atoms with Crippen LogP contribution in [0.5, 0.6) is 0 Å². The molecular weight excluding hydrogens is 468 g/mol. The third-order valence-corrected chi connectivity index (χ3v) is 6.91. The van der Waals surface area contributed by atoms with E-state index in [4.69, 9.17) is 4.74 Å². The van der Waals surface area contributed by atoms with Gasteiger partial charge in [0.1, 0.15) is 5.69 Å². The van der Waals surface area contributed by atoms with Gasteiger partial charge >= 0.3 is 6.03 Å². The molecule has 2 fully saturated rings. The number of benzene rings is 2. The highest BCUT2D eigenvalue weighted by molar-refractivity contribution is 6.26. The normalized spacial score (nSPS) is 17.1. The number of aromatic amines is 1. The number of rotatable bonds is 5. The molecule has 2 aliphatic heterocycles. The number of morpholine rings is 1. The fraction of sp³-hybridized carbons (Fsp3) is 0.393. The standard InChI is InChI=1S/C26H28N6O3.C2H6/c33-25-21-19(4-3-5-20(21)27-26(34)30-32-12-14-35-15-13-32)24-22(25)23(28-29-24)18-8-6-17(7-9-18)16-31-10-1-2-11-31;1-2/h3-9H,1-2,10-16H2,(H,28,29)(H2,27,30,34);1-2H3. The Balaban J connectivity index is 0.00000137. The predicted octanol–water partition coefficient (Wildman–Crippen LogP) is 4.28. The maximum Gasteiger partial charge on any atom is 0.333 e. The van der Waals surface area contributed by atoms with Crippen LogP contribution in [-0.2, 0) is 11.3 Å². The Morgan fingerprint density at radius 2 is 1.73 bits per heavy atom. The number of hydrazine groups is 1. The first kappa shape index (κ1) is 25.1. The lowest BCUT2D eigenvalue weighted by Crippen LogP contribution is -2.49. The number of carbonyl (C=O) groups is 2. The van der Waals surface area contributed by atoms with Gasteiger partial charge in [-0.05, 0) is 37.6 Å². The van der Waals surface area contributed by atoms with Crippen molar-refractivity contribution < 1.29 is 14.3 Å². The van der Waals surface area contributed by atoms with Gasteiger partial charge < -0.3 is 10.1 Å². The second-order valence-corrected chi connectivity index (χ2v) is 9.22. The first-order chi connectivity index (χ1) is 18.2. The highest BCUT2D eigenvalue weighted by atomic mass is 16.5. The third-order valence-electron chi connectivity index (χ3n) is 6.91. The molecule has 1 aromatic heterocycles. The molecule has 9 heteroatoms. The number of nitrogens with zero attached hydrogens (tertiary/aromatic N) is 3. The molecule has 1 aliphatic carbocycles. The number of ketones is 1. The van der Waals surface area contributed by atoms with Crippen molar-refractivity contribution in [1.29, 1.82) is 0 Å². The van der Waals surface area contributed by atoms with Crippen LogP contribution in [0.2, 0.25) is 0 Å². The Hall–Kier alpha value is -3.53. The van der Waals surface area contributed by atoms with Crippen LogP contribution in [0.25, 0.3) is 22.5 Å². The first-order valence-electron chi connectivity index (χ1n) is 13.2. The molecule has 0 bridgehead atoms. The van der Waals surface area contributed by atoms with Gasteiger partial charge in [-0.3, -0.25) is 20.2 Å². The Bertz CT molecular complexity index is 1260. The van der Waals surface area contributed by atoms with E-state index in [1.165, 1.54) is 18.4 Å². The van der Waals surface area contributed by atoms with Crippen LogP contribution in [-0.4, -0.2) is 71.3 Å². The highest BCUT2D eigenvalue weighted by Crippen LogP contribution is 2.42. The molecule has 3 N–H and O–H groups in total. The topological polar surface area (TPSA) is 103 Å². The van der Waals surface area contributed by atoms with E-state index in [2.05, 4.69) is 38.0 Å². The number of anilines is 1. The molecule has 194 valence electrons. The number of fused-ring (bicyclic) bond motifs is 3. The van der Waals surface area contributed by atoms with Crippen molar-refractivity contribution in [3.05, 3.63) is 59.2 Å². The molecule has 3 heterocycles. The zero-order valence-electron chi connectivity index (χ0n) is 21.5. The highest BCUT2D eigenvalue weighted by Gasteiger charge is 2.35. The molecule has 2 aromatic carbocycles. The number of likely N-dealkylation sites (tertiary alicyclic amines) is 1. The fourth-order valence-corrected chi connectivity index (χ4v) is 5.14. The second-order valence-electron chi connectivity index (χ2n) is 9.22. The Morgan fingerprint density at radius 3 is 2.46 bits per heavy atom. The van der Waals surface area contributed by atoms with E-state index in [1.807, 2.05) is 43.1 Å². The number of hydrogen-bond donors (Lipinski definition) is 3. The van der Waals surface area contributed by atoms with E-state index in [0.717, 1.165) is 30.8 Å². The van der Waals surface area contributed by atoms with E-state index in [-0.39, 0.29) is 11.8 Å². The minimum atomic E-state index is -0.379. The minimum absolute atomic E-state index is 0.137. The molecule has 6 rings (SSSR count). The van der Waals surface area contributed by atoms with Crippen molar-refractivity contribution in [1.82, 2.24) is 25.5 Å². The summed E-state index contributed by atoms with van der Waals surface area (Å²) in [5.41, 5.74) is 8.58. The van der Waals surface area contributed by atoms with Crippen molar-refractivity contribution in [2.45, 2.75) is 33.2 Å². The summed E-state index contributed by atoms with van der Waals surface area (Å²) in [4.78, 5) is 28.6. The van der Waals surface area contributed by atoms with E-state index < -0.39 is 0 Å². The third kappa shape index (κ3) is 5.16. The summed E-state index contributed by atoms with van der Waals surface area (Å²) in [6.45, 7) is 9.65. The van der Waals surface area contributed by atoms with Crippen molar-refractivity contribution in [3.8, 4) is 22.5 Å². The quantitative estimate of drug-likeness (QED) is 0.377. The Labute approximate surface area is 217 Å². The lowest BCUT2D eigenvalue weighted by Gasteiger charge is -2.27. The zero-order chi connectivity index (χ0) is 25.8. The largest absolute Gasteiger partial charge is 0.379 e.